The molecular weight excluding hydrogens is 366 g/mol. The molecule has 1 aromatic carbocycles. The van der Waals surface area contributed by atoms with Crippen molar-refractivity contribution in [3.8, 4) is 5.75 Å². The minimum atomic E-state index is -0.620. The summed E-state index contributed by atoms with van der Waals surface area (Å²) in [7, 11) is 0. The second-order valence-electron chi connectivity index (χ2n) is 6.87. The highest BCUT2D eigenvalue weighted by Crippen LogP contribution is 2.18. The lowest BCUT2D eigenvalue weighted by Gasteiger charge is -2.32. The molecule has 0 aliphatic carbocycles. The van der Waals surface area contributed by atoms with Crippen LogP contribution in [0.3, 0.4) is 0 Å². The van der Waals surface area contributed by atoms with Gasteiger partial charge in [0.05, 0.1) is 12.7 Å². The molecule has 1 N–H and O–H groups in total. The number of aromatic hydroxyl groups is 1. The number of carbonyl (C=O) groups is 1. The third-order valence-electron chi connectivity index (χ3n) is 4.51. The van der Waals surface area contributed by atoms with E-state index in [0.717, 1.165) is 12.6 Å². The van der Waals surface area contributed by atoms with Gasteiger partial charge in [-0.3, -0.25) is 14.3 Å². The molecule has 0 bridgehead atoms. The van der Waals surface area contributed by atoms with Gasteiger partial charge in [0.1, 0.15) is 0 Å². The van der Waals surface area contributed by atoms with Crippen molar-refractivity contribution in [2.45, 2.75) is 32.9 Å². The van der Waals surface area contributed by atoms with E-state index in [1.165, 1.54) is 15.8 Å². The number of hydrogen-bond donors (Lipinski definition) is 1. The van der Waals surface area contributed by atoms with Crippen LogP contribution < -0.4 is 5.43 Å². The number of rotatable bonds is 5. The fourth-order valence-electron chi connectivity index (χ4n) is 2.98. The fraction of sp³-hybridized carbons (Fsp3) is 0.261. The van der Waals surface area contributed by atoms with Crippen LogP contribution in [0.4, 0.5) is 0 Å². The van der Waals surface area contributed by atoms with Crippen molar-refractivity contribution in [2.24, 2.45) is 0 Å². The Balaban J connectivity index is 0.000000212. The SMILES string of the molecule is C=C/C=C(\C=C)Cc1ccccc1.CC(C)N1CCn2ncc(=O)c(O)c2C1=O. The standard InChI is InChI=1S/C13H14.C10H13N3O3/c1-3-8-12(4-2)11-13-9-6-5-7-10-13;1-6(2)12-3-4-13-8(10(12)16)9(15)7(14)5-11-13/h3-10H,1-2,11H2;5-6,15H,3-4H2,1-2H3/b12-8+;. The van der Waals surface area contributed by atoms with Gasteiger partial charge in [-0.05, 0) is 31.4 Å². The maximum atomic E-state index is 12.0. The zero-order valence-corrected chi connectivity index (χ0v) is 16.9. The number of aromatic nitrogens is 2. The molecule has 1 aliphatic heterocycles. The largest absolute Gasteiger partial charge is 0.502 e. The molecule has 1 amide bonds. The Morgan fingerprint density at radius 1 is 1.21 bits per heavy atom. The van der Waals surface area contributed by atoms with Crippen molar-refractivity contribution in [2.75, 3.05) is 6.54 Å². The highest BCUT2D eigenvalue weighted by Gasteiger charge is 2.30. The average molecular weight is 393 g/mol. The first kappa shape index (κ1) is 21.9. The normalized spacial score (nSPS) is 13.4. The second kappa shape index (κ2) is 10.2. The molecule has 0 saturated heterocycles. The van der Waals surface area contributed by atoms with Crippen LogP contribution in [0.2, 0.25) is 0 Å². The van der Waals surface area contributed by atoms with E-state index in [4.69, 9.17) is 0 Å². The first-order valence-corrected chi connectivity index (χ1v) is 9.47. The maximum absolute atomic E-state index is 12.0. The third-order valence-corrected chi connectivity index (χ3v) is 4.51. The smallest absolute Gasteiger partial charge is 0.276 e. The number of carbonyl (C=O) groups excluding carboxylic acids is 1. The Morgan fingerprint density at radius 2 is 1.90 bits per heavy atom. The molecule has 0 atom stereocenters. The Bertz CT molecular complexity index is 959. The molecule has 152 valence electrons. The van der Waals surface area contributed by atoms with E-state index in [0.29, 0.717) is 13.1 Å². The van der Waals surface area contributed by atoms with Gasteiger partial charge in [-0.15, -0.1) is 0 Å². The maximum Gasteiger partial charge on any atom is 0.276 e. The van der Waals surface area contributed by atoms with Gasteiger partial charge < -0.3 is 10.0 Å². The summed E-state index contributed by atoms with van der Waals surface area (Å²) < 4.78 is 1.37. The van der Waals surface area contributed by atoms with Crippen LogP contribution in [-0.4, -0.2) is 38.3 Å². The number of benzene rings is 1. The van der Waals surface area contributed by atoms with E-state index in [1.54, 1.807) is 11.0 Å². The van der Waals surface area contributed by atoms with Crippen molar-refractivity contribution < 1.29 is 9.90 Å². The summed E-state index contributed by atoms with van der Waals surface area (Å²) in [5, 5.41) is 13.4. The molecule has 29 heavy (non-hydrogen) atoms. The van der Waals surface area contributed by atoms with Crippen molar-refractivity contribution in [1.82, 2.24) is 14.7 Å². The predicted molar refractivity (Wildman–Crippen MR) is 115 cm³/mol. The van der Waals surface area contributed by atoms with Crippen molar-refractivity contribution in [1.29, 1.82) is 0 Å². The molecule has 2 aromatic rings. The lowest BCUT2D eigenvalue weighted by atomic mass is 10.1. The average Bonchev–Trinajstić information content (AvgIpc) is 2.71. The summed E-state index contributed by atoms with van der Waals surface area (Å²) in [5.74, 6) is -0.852. The number of amides is 1. The van der Waals surface area contributed by atoms with Gasteiger partial charge in [0, 0.05) is 12.6 Å². The summed E-state index contributed by atoms with van der Waals surface area (Å²) >= 11 is 0. The molecule has 2 heterocycles. The number of fused-ring (bicyclic) bond motifs is 1. The molecule has 0 spiro atoms. The van der Waals surface area contributed by atoms with Crippen LogP contribution in [0.25, 0.3) is 0 Å². The van der Waals surface area contributed by atoms with E-state index >= 15 is 0 Å². The van der Waals surface area contributed by atoms with Crippen LogP contribution in [-0.2, 0) is 13.0 Å². The summed E-state index contributed by atoms with van der Waals surface area (Å²) in [6.45, 7) is 12.2. The molecule has 0 radical (unpaired) electrons. The second-order valence-corrected chi connectivity index (χ2v) is 6.87. The Morgan fingerprint density at radius 3 is 2.48 bits per heavy atom. The quantitative estimate of drug-likeness (QED) is 0.791. The lowest BCUT2D eigenvalue weighted by Crippen LogP contribution is -2.45. The van der Waals surface area contributed by atoms with E-state index in [2.05, 4.69) is 30.4 Å². The van der Waals surface area contributed by atoms with Gasteiger partial charge in [0.15, 0.2) is 11.4 Å². The van der Waals surface area contributed by atoms with Gasteiger partial charge in [-0.25, -0.2) is 0 Å². The van der Waals surface area contributed by atoms with Crippen LogP contribution >= 0.6 is 0 Å². The van der Waals surface area contributed by atoms with Gasteiger partial charge in [0.2, 0.25) is 5.43 Å². The molecule has 1 aromatic heterocycles. The van der Waals surface area contributed by atoms with Crippen molar-refractivity contribution in [3.63, 3.8) is 0 Å². The van der Waals surface area contributed by atoms with Crippen LogP contribution in [0.15, 0.2) is 78.3 Å². The lowest BCUT2D eigenvalue weighted by molar-refractivity contribution is 0.0631. The Labute approximate surface area is 171 Å². The summed E-state index contributed by atoms with van der Waals surface area (Å²) in [4.78, 5) is 24.8. The zero-order valence-electron chi connectivity index (χ0n) is 16.9. The first-order chi connectivity index (χ1) is 13.9. The zero-order chi connectivity index (χ0) is 21.4. The van der Waals surface area contributed by atoms with E-state index in [1.807, 2.05) is 44.2 Å². The number of nitrogens with zero attached hydrogens (tertiary/aromatic N) is 3. The summed E-state index contributed by atoms with van der Waals surface area (Å²) in [6, 6.07) is 10.4. The van der Waals surface area contributed by atoms with E-state index in [9.17, 15) is 14.7 Å². The molecule has 3 rings (SSSR count). The molecule has 1 aliphatic rings. The van der Waals surface area contributed by atoms with Crippen LogP contribution in [0, 0.1) is 0 Å². The van der Waals surface area contributed by atoms with Gasteiger partial charge in [-0.1, -0.05) is 61.7 Å². The molecule has 6 nitrogen and oxygen atoms in total. The highest BCUT2D eigenvalue weighted by molar-refractivity contribution is 5.95. The summed E-state index contributed by atoms with van der Waals surface area (Å²) in [6.07, 6.45) is 7.60. The van der Waals surface area contributed by atoms with E-state index < -0.39 is 11.2 Å². The molecular formula is C23H27N3O3. The third kappa shape index (κ3) is 5.54. The minimum Gasteiger partial charge on any atom is -0.502 e. The number of allylic oxidation sites excluding steroid dienone is 4. The number of hydrogen-bond acceptors (Lipinski definition) is 4. The predicted octanol–water partition coefficient (Wildman–Crippen LogP) is 3.34. The van der Waals surface area contributed by atoms with Crippen LogP contribution in [0.5, 0.6) is 5.75 Å². The minimum absolute atomic E-state index is 0.00699. The topological polar surface area (TPSA) is 75.4 Å². The van der Waals surface area contributed by atoms with Gasteiger partial charge >= 0.3 is 0 Å². The first-order valence-electron chi connectivity index (χ1n) is 9.47. The van der Waals surface area contributed by atoms with Gasteiger partial charge in [-0.2, -0.15) is 5.10 Å². The molecule has 0 fully saturated rings. The molecule has 6 heteroatoms. The highest BCUT2D eigenvalue weighted by atomic mass is 16.3. The van der Waals surface area contributed by atoms with Crippen LogP contribution in [0.1, 0.15) is 29.9 Å². The Hall–Kier alpha value is -3.41. The monoisotopic (exact) mass is 393 g/mol. The fourth-order valence-corrected chi connectivity index (χ4v) is 2.98. The Kier molecular flexibility index (Phi) is 7.71. The summed E-state index contributed by atoms with van der Waals surface area (Å²) in [5.41, 5.74) is 1.87. The van der Waals surface area contributed by atoms with Gasteiger partial charge in [0.25, 0.3) is 5.91 Å². The van der Waals surface area contributed by atoms with Crippen molar-refractivity contribution in [3.05, 3.63) is 95.0 Å². The molecule has 0 unspecified atom stereocenters. The van der Waals surface area contributed by atoms with E-state index in [-0.39, 0.29) is 17.6 Å². The molecule has 0 saturated carbocycles. The van der Waals surface area contributed by atoms with Crippen molar-refractivity contribution >= 4 is 5.91 Å².